The highest BCUT2D eigenvalue weighted by molar-refractivity contribution is 6.12. The lowest BCUT2D eigenvalue weighted by Crippen LogP contribution is -2.19. The Morgan fingerprint density at radius 2 is 2.00 bits per heavy atom. The van der Waals surface area contributed by atoms with Crippen LogP contribution in [0, 0.1) is 0 Å². The second-order valence-corrected chi connectivity index (χ2v) is 2.58. The van der Waals surface area contributed by atoms with Crippen molar-refractivity contribution < 1.29 is 14.3 Å². The van der Waals surface area contributed by atoms with Crippen LogP contribution in [0.1, 0.15) is 19.8 Å². The van der Waals surface area contributed by atoms with Gasteiger partial charge in [-0.2, -0.15) is 0 Å². The number of hydrogen-bond donors (Lipinski definition) is 1. The van der Waals surface area contributed by atoms with Crippen molar-refractivity contribution >= 4 is 11.8 Å². The molecule has 4 heteroatoms. The lowest BCUT2D eigenvalue weighted by Gasteiger charge is -1.93. The van der Waals surface area contributed by atoms with Crippen molar-refractivity contribution in [3.63, 3.8) is 0 Å². The molecule has 0 aliphatic carbocycles. The smallest absolute Gasteiger partial charge is 0.250 e. The summed E-state index contributed by atoms with van der Waals surface area (Å²) in [4.78, 5) is 20.1. The average molecular weight is 197 g/mol. The molecular weight excluding hydrogens is 182 g/mol. The standard InChI is InChI=1S/C6H12O.C4H3NO2/c1-3-5-6-7-4-2;6-3-1-2-4(7)5-3/h4H,2-3,5-6H2,1H3;1-2H,(H,5,6,7). The predicted octanol–water partition coefficient (Wildman–Crippen LogP) is 1.15. The van der Waals surface area contributed by atoms with Gasteiger partial charge in [0.15, 0.2) is 0 Å². The van der Waals surface area contributed by atoms with Crippen molar-refractivity contribution in [2.45, 2.75) is 19.8 Å². The fourth-order valence-corrected chi connectivity index (χ4v) is 0.667. The first-order chi connectivity index (χ1) is 6.70. The Balaban J connectivity index is 0.000000241. The topological polar surface area (TPSA) is 55.4 Å². The second-order valence-electron chi connectivity index (χ2n) is 2.58. The van der Waals surface area contributed by atoms with Gasteiger partial charge in [-0.15, -0.1) is 0 Å². The van der Waals surface area contributed by atoms with Crippen LogP contribution in [0.4, 0.5) is 0 Å². The number of imide groups is 1. The van der Waals surface area contributed by atoms with Crippen LogP contribution in [0.25, 0.3) is 0 Å². The molecule has 0 aromatic heterocycles. The molecule has 1 rings (SSSR count). The molecule has 0 aromatic rings. The van der Waals surface area contributed by atoms with E-state index in [1.54, 1.807) is 0 Å². The maximum absolute atomic E-state index is 10.0. The normalized spacial score (nSPS) is 12.9. The van der Waals surface area contributed by atoms with Crippen LogP contribution in [-0.2, 0) is 14.3 Å². The van der Waals surface area contributed by atoms with Crippen LogP contribution in [0.15, 0.2) is 25.0 Å². The zero-order chi connectivity index (χ0) is 10.8. The molecule has 2 amide bonds. The van der Waals surface area contributed by atoms with E-state index in [4.69, 9.17) is 4.74 Å². The third-order valence-corrected chi connectivity index (χ3v) is 1.37. The first kappa shape index (κ1) is 12.4. The summed E-state index contributed by atoms with van der Waals surface area (Å²) >= 11 is 0. The lowest BCUT2D eigenvalue weighted by atomic mass is 10.4. The minimum atomic E-state index is -0.329. The number of nitrogens with one attached hydrogen (secondary N) is 1. The number of unbranched alkanes of at least 4 members (excludes halogenated alkanes) is 1. The molecule has 0 unspecified atom stereocenters. The van der Waals surface area contributed by atoms with Crippen LogP contribution >= 0.6 is 0 Å². The lowest BCUT2D eigenvalue weighted by molar-refractivity contribution is -0.123. The molecule has 0 saturated heterocycles. The highest BCUT2D eigenvalue weighted by Gasteiger charge is 2.06. The van der Waals surface area contributed by atoms with E-state index in [9.17, 15) is 9.59 Å². The third kappa shape index (κ3) is 7.09. The average Bonchev–Trinajstić information content (AvgIpc) is 2.52. The van der Waals surface area contributed by atoms with Crippen molar-refractivity contribution in [2.75, 3.05) is 6.61 Å². The molecule has 0 saturated carbocycles. The summed E-state index contributed by atoms with van der Waals surface area (Å²) in [6.07, 6.45) is 6.19. The number of hydrogen-bond acceptors (Lipinski definition) is 3. The molecule has 0 fully saturated rings. The van der Waals surface area contributed by atoms with Crippen molar-refractivity contribution in [3.05, 3.63) is 25.0 Å². The Labute approximate surface area is 83.6 Å². The Morgan fingerprint density at radius 1 is 1.43 bits per heavy atom. The molecular formula is C10H15NO3. The van der Waals surface area contributed by atoms with Crippen molar-refractivity contribution in [1.29, 1.82) is 0 Å². The van der Waals surface area contributed by atoms with Gasteiger partial charge in [-0.3, -0.25) is 14.9 Å². The van der Waals surface area contributed by atoms with E-state index in [0.717, 1.165) is 13.0 Å². The Kier molecular flexibility index (Phi) is 7.13. The predicted molar refractivity (Wildman–Crippen MR) is 53.3 cm³/mol. The number of amides is 2. The summed E-state index contributed by atoms with van der Waals surface area (Å²) in [5, 5.41) is 2.03. The van der Waals surface area contributed by atoms with Gasteiger partial charge in [0.05, 0.1) is 12.9 Å². The second kappa shape index (κ2) is 8.04. The van der Waals surface area contributed by atoms with Crippen LogP contribution < -0.4 is 5.32 Å². The SMILES string of the molecule is C=COCCCC.O=C1C=CC(=O)N1. The summed E-state index contributed by atoms with van der Waals surface area (Å²) in [7, 11) is 0. The van der Waals surface area contributed by atoms with Crippen LogP contribution in [0.2, 0.25) is 0 Å². The van der Waals surface area contributed by atoms with Crippen LogP contribution in [0.5, 0.6) is 0 Å². The number of carbonyl (C=O) groups is 2. The van der Waals surface area contributed by atoms with Gasteiger partial charge >= 0.3 is 0 Å². The summed E-state index contributed by atoms with van der Waals surface area (Å²) in [6.45, 7) is 6.36. The quantitative estimate of drug-likeness (QED) is 0.418. The zero-order valence-corrected chi connectivity index (χ0v) is 8.29. The molecule has 1 N–H and O–H groups in total. The molecule has 1 aliphatic heterocycles. The maximum Gasteiger partial charge on any atom is 0.250 e. The monoisotopic (exact) mass is 197 g/mol. The number of carbonyl (C=O) groups excluding carboxylic acids is 2. The van der Waals surface area contributed by atoms with E-state index in [0.29, 0.717) is 0 Å². The Morgan fingerprint density at radius 3 is 2.29 bits per heavy atom. The van der Waals surface area contributed by atoms with E-state index in [1.165, 1.54) is 24.8 Å². The van der Waals surface area contributed by atoms with E-state index in [-0.39, 0.29) is 11.8 Å². The molecule has 14 heavy (non-hydrogen) atoms. The Bertz CT molecular complexity index is 218. The maximum atomic E-state index is 10.0. The van der Waals surface area contributed by atoms with E-state index >= 15 is 0 Å². The molecule has 4 nitrogen and oxygen atoms in total. The fraction of sp³-hybridized carbons (Fsp3) is 0.400. The highest BCUT2D eigenvalue weighted by atomic mass is 16.5. The molecule has 0 aromatic carbocycles. The molecule has 0 spiro atoms. The summed E-state index contributed by atoms with van der Waals surface area (Å²) in [5.74, 6) is -0.657. The first-order valence-corrected chi connectivity index (χ1v) is 4.46. The zero-order valence-electron chi connectivity index (χ0n) is 8.29. The van der Waals surface area contributed by atoms with Crippen molar-refractivity contribution in [3.8, 4) is 0 Å². The summed E-state index contributed by atoms with van der Waals surface area (Å²) < 4.78 is 4.84. The minimum Gasteiger partial charge on any atom is -0.502 e. The van der Waals surface area contributed by atoms with Crippen molar-refractivity contribution in [2.24, 2.45) is 0 Å². The van der Waals surface area contributed by atoms with Gasteiger partial charge < -0.3 is 4.74 Å². The number of rotatable bonds is 4. The van der Waals surface area contributed by atoms with Gasteiger partial charge in [0.25, 0.3) is 11.8 Å². The minimum absolute atomic E-state index is 0.329. The highest BCUT2D eigenvalue weighted by Crippen LogP contribution is 1.86. The summed E-state index contributed by atoms with van der Waals surface area (Å²) in [5.41, 5.74) is 0. The van der Waals surface area contributed by atoms with Gasteiger partial charge in [0, 0.05) is 12.2 Å². The van der Waals surface area contributed by atoms with Gasteiger partial charge in [-0.05, 0) is 6.42 Å². The van der Waals surface area contributed by atoms with E-state index in [2.05, 4.69) is 13.5 Å². The van der Waals surface area contributed by atoms with Crippen LogP contribution in [0.3, 0.4) is 0 Å². The molecule has 78 valence electrons. The van der Waals surface area contributed by atoms with E-state index in [1.807, 2.05) is 5.32 Å². The fourth-order valence-electron chi connectivity index (χ4n) is 0.667. The molecule has 0 atom stereocenters. The van der Waals surface area contributed by atoms with Gasteiger partial charge in [-0.25, -0.2) is 0 Å². The molecule has 0 radical (unpaired) electrons. The van der Waals surface area contributed by atoms with Crippen LogP contribution in [-0.4, -0.2) is 18.4 Å². The first-order valence-electron chi connectivity index (χ1n) is 4.46. The van der Waals surface area contributed by atoms with E-state index < -0.39 is 0 Å². The largest absolute Gasteiger partial charge is 0.502 e. The van der Waals surface area contributed by atoms with Gasteiger partial charge in [0.1, 0.15) is 0 Å². The Hall–Kier alpha value is -1.58. The number of ether oxygens (including phenoxy) is 1. The van der Waals surface area contributed by atoms with Gasteiger partial charge in [-0.1, -0.05) is 19.9 Å². The molecule has 0 bridgehead atoms. The van der Waals surface area contributed by atoms with Crippen molar-refractivity contribution in [1.82, 2.24) is 5.32 Å². The van der Waals surface area contributed by atoms with Gasteiger partial charge in [0.2, 0.25) is 0 Å². The third-order valence-electron chi connectivity index (χ3n) is 1.37. The summed E-state index contributed by atoms with van der Waals surface area (Å²) in [6, 6.07) is 0. The molecule has 1 aliphatic rings. The molecule has 1 heterocycles.